The van der Waals surface area contributed by atoms with Gasteiger partial charge in [-0.05, 0) is 37.1 Å². The van der Waals surface area contributed by atoms with Gasteiger partial charge in [-0.3, -0.25) is 0 Å². The van der Waals surface area contributed by atoms with E-state index in [1.54, 1.807) is 13.4 Å². The average molecular weight is 231 g/mol. The maximum Gasteiger partial charge on any atom is 0.127 e. The van der Waals surface area contributed by atoms with Crippen LogP contribution in [0, 0.1) is 13.8 Å². The molecule has 2 N–H and O–H groups in total. The van der Waals surface area contributed by atoms with E-state index in [4.69, 9.17) is 14.9 Å². The molecule has 90 valence electrons. The minimum atomic E-state index is -0.292. The molecule has 0 radical (unpaired) electrons. The second kappa shape index (κ2) is 4.63. The normalized spacial score (nSPS) is 12.5. The van der Waals surface area contributed by atoms with Crippen molar-refractivity contribution in [2.24, 2.45) is 5.73 Å². The van der Waals surface area contributed by atoms with E-state index in [9.17, 15) is 0 Å². The summed E-state index contributed by atoms with van der Waals surface area (Å²) in [6.45, 7) is 4.09. The summed E-state index contributed by atoms with van der Waals surface area (Å²) in [5.74, 6) is 1.58. The Balaban J connectivity index is 2.49. The molecule has 3 heteroatoms. The molecule has 1 aromatic carbocycles. The highest BCUT2D eigenvalue weighted by atomic mass is 16.5. The van der Waals surface area contributed by atoms with E-state index < -0.39 is 0 Å². The Morgan fingerprint density at radius 2 is 2.00 bits per heavy atom. The first-order chi connectivity index (χ1) is 8.15. The minimum absolute atomic E-state index is 0.292. The third kappa shape index (κ3) is 2.06. The van der Waals surface area contributed by atoms with Gasteiger partial charge in [-0.1, -0.05) is 12.1 Å². The van der Waals surface area contributed by atoms with Crippen molar-refractivity contribution in [3.63, 3.8) is 0 Å². The van der Waals surface area contributed by atoms with Gasteiger partial charge in [-0.2, -0.15) is 0 Å². The number of rotatable bonds is 3. The second-order valence-corrected chi connectivity index (χ2v) is 4.12. The SMILES string of the molecule is COc1c(C(N)c2ccco2)ccc(C)c1C. The number of nitrogens with two attached hydrogens (primary N) is 1. The van der Waals surface area contributed by atoms with Crippen LogP contribution in [0.4, 0.5) is 0 Å². The first kappa shape index (κ1) is 11.7. The van der Waals surface area contributed by atoms with Crippen LogP contribution in [0.15, 0.2) is 34.9 Å². The van der Waals surface area contributed by atoms with Crippen molar-refractivity contribution in [3.05, 3.63) is 53.0 Å². The fraction of sp³-hybridized carbons (Fsp3) is 0.286. The lowest BCUT2D eigenvalue weighted by Gasteiger charge is -2.17. The van der Waals surface area contributed by atoms with Gasteiger partial charge in [-0.15, -0.1) is 0 Å². The Kier molecular flexibility index (Phi) is 3.20. The third-order valence-electron chi connectivity index (χ3n) is 3.10. The molecule has 2 rings (SSSR count). The van der Waals surface area contributed by atoms with E-state index in [1.807, 2.05) is 25.1 Å². The average Bonchev–Trinajstić information content (AvgIpc) is 2.85. The maximum atomic E-state index is 6.18. The molecule has 0 saturated carbocycles. The van der Waals surface area contributed by atoms with Gasteiger partial charge in [0, 0.05) is 5.56 Å². The largest absolute Gasteiger partial charge is 0.496 e. The van der Waals surface area contributed by atoms with Gasteiger partial charge in [0.1, 0.15) is 11.5 Å². The topological polar surface area (TPSA) is 48.4 Å². The van der Waals surface area contributed by atoms with Gasteiger partial charge in [0.2, 0.25) is 0 Å². The van der Waals surface area contributed by atoms with Gasteiger partial charge in [0.25, 0.3) is 0 Å². The highest BCUT2D eigenvalue weighted by Crippen LogP contribution is 2.32. The van der Waals surface area contributed by atoms with Crippen molar-refractivity contribution in [1.82, 2.24) is 0 Å². The van der Waals surface area contributed by atoms with Crippen molar-refractivity contribution >= 4 is 0 Å². The predicted molar refractivity (Wildman–Crippen MR) is 67.2 cm³/mol. The second-order valence-electron chi connectivity index (χ2n) is 4.12. The maximum absolute atomic E-state index is 6.18. The molecule has 0 aliphatic rings. The number of hydrogen-bond acceptors (Lipinski definition) is 3. The Morgan fingerprint density at radius 1 is 1.24 bits per heavy atom. The molecule has 1 heterocycles. The molecule has 0 bridgehead atoms. The van der Waals surface area contributed by atoms with Crippen LogP contribution in [0.1, 0.15) is 28.5 Å². The number of aryl methyl sites for hydroxylation is 1. The van der Waals surface area contributed by atoms with Crippen molar-refractivity contribution in [1.29, 1.82) is 0 Å². The first-order valence-corrected chi connectivity index (χ1v) is 5.58. The molecule has 0 fully saturated rings. The lowest BCUT2D eigenvalue weighted by atomic mass is 9.98. The first-order valence-electron chi connectivity index (χ1n) is 5.58. The predicted octanol–water partition coefficient (Wildman–Crippen LogP) is 2.95. The van der Waals surface area contributed by atoms with E-state index in [0.29, 0.717) is 0 Å². The molecule has 0 saturated heterocycles. The lowest BCUT2D eigenvalue weighted by Crippen LogP contribution is -2.13. The quantitative estimate of drug-likeness (QED) is 0.883. The van der Waals surface area contributed by atoms with E-state index in [-0.39, 0.29) is 6.04 Å². The molecule has 3 nitrogen and oxygen atoms in total. The van der Waals surface area contributed by atoms with Crippen LogP contribution in [-0.2, 0) is 0 Å². The summed E-state index contributed by atoms with van der Waals surface area (Å²) in [6.07, 6.45) is 1.63. The molecule has 17 heavy (non-hydrogen) atoms. The third-order valence-corrected chi connectivity index (χ3v) is 3.10. The summed E-state index contributed by atoms with van der Waals surface area (Å²) in [6, 6.07) is 7.46. The van der Waals surface area contributed by atoms with Crippen LogP contribution in [0.2, 0.25) is 0 Å². The van der Waals surface area contributed by atoms with Crippen LogP contribution >= 0.6 is 0 Å². The Labute approximate surface area is 101 Å². The molecule has 0 aliphatic carbocycles. The fourth-order valence-corrected chi connectivity index (χ4v) is 1.95. The zero-order valence-electron chi connectivity index (χ0n) is 10.4. The molecule has 0 spiro atoms. The lowest BCUT2D eigenvalue weighted by molar-refractivity contribution is 0.399. The van der Waals surface area contributed by atoms with Crippen LogP contribution in [0.3, 0.4) is 0 Å². The number of methoxy groups -OCH3 is 1. The Bertz CT molecular complexity index is 503. The molecule has 0 amide bonds. The molecule has 2 aromatic rings. The minimum Gasteiger partial charge on any atom is -0.496 e. The van der Waals surface area contributed by atoms with Crippen molar-refractivity contribution in [2.75, 3.05) is 7.11 Å². The van der Waals surface area contributed by atoms with Gasteiger partial charge in [0.05, 0.1) is 19.4 Å². The highest BCUT2D eigenvalue weighted by molar-refractivity contribution is 5.48. The summed E-state index contributed by atoms with van der Waals surface area (Å²) in [5.41, 5.74) is 9.44. The van der Waals surface area contributed by atoms with E-state index in [2.05, 4.69) is 13.0 Å². The van der Waals surface area contributed by atoms with E-state index in [0.717, 1.165) is 22.6 Å². The van der Waals surface area contributed by atoms with Gasteiger partial charge < -0.3 is 14.9 Å². The standard InChI is InChI=1S/C14H17NO2/c1-9-6-7-11(14(16-3)10(9)2)13(15)12-5-4-8-17-12/h4-8,13H,15H2,1-3H3. The molecular weight excluding hydrogens is 214 g/mol. The van der Waals surface area contributed by atoms with Crippen LogP contribution in [0.5, 0.6) is 5.75 Å². The number of hydrogen-bond donors (Lipinski definition) is 1. The summed E-state index contributed by atoms with van der Waals surface area (Å²) >= 11 is 0. The van der Waals surface area contributed by atoms with Crippen molar-refractivity contribution in [2.45, 2.75) is 19.9 Å². The van der Waals surface area contributed by atoms with Crippen molar-refractivity contribution in [3.8, 4) is 5.75 Å². The Morgan fingerprint density at radius 3 is 2.59 bits per heavy atom. The molecule has 1 atom stereocenters. The van der Waals surface area contributed by atoms with Crippen LogP contribution in [-0.4, -0.2) is 7.11 Å². The summed E-state index contributed by atoms with van der Waals surface area (Å²) < 4.78 is 10.8. The van der Waals surface area contributed by atoms with Gasteiger partial charge in [0.15, 0.2) is 0 Å². The zero-order chi connectivity index (χ0) is 12.4. The molecule has 1 unspecified atom stereocenters. The summed E-state index contributed by atoms with van der Waals surface area (Å²) in [4.78, 5) is 0. The van der Waals surface area contributed by atoms with Crippen molar-refractivity contribution < 1.29 is 9.15 Å². The summed E-state index contributed by atoms with van der Waals surface area (Å²) in [7, 11) is 1.67. The van der Waals surface area contributed by atoms with Gasteiger partial charge in [-0.25, -0.2) is 0 Å². The number of ether oxygens (including phenoxy) is 1. The number of furan rings is 1. The molecular formula is C14H17NO2. The zero-order valence-corrected chi connectivity index (χ0v) is 10.4. The summed E-state index contributed by atoms with van der Waals surface area (Å²) in [5, 5.41) is 0. The monoisotopic (exact) mass is 231 g/mol. The van der Waals surface area contributed by atoms with E-state index >= 15 is 0 Å². The molecule has 0 aliphatic heterocycles. The highest BCUT2D eigenvalue weighted by Gasteiger charge is 2.18. The van der Waals surface area contributed by atoms with Crippen LogP contribution < -0.4 is 10.5 Å². The van der Waals surface area contributed by atoms with E-state index in [1.165, 1.54) is 5.56 Å². The Hall–Kier alpha value is -1.74. The fourth-order valence-electron chi connectivity index (χ4n) is 1.95. The smallest absolute Gasteiger partial charge is 0.127 e. The van der Waals surface area contributed by atoms with Crippen LogP contribution in [0.25, 0.3) is 0 Å². The van der Waals surface area contributed by atoms with Gasteiger partial charge >= 0.3 is 0 Å². The molecule has 1 aromatic heterocycles. The number of benzene rings is 1.